The zero-order chi connectivity index (χ0) is 12.3. The summed E-state index contributed by atoms with van der Waals surface area (Å²) in [4.78, 5) is 11.6. The van der Waals surface area contributed by atoms with Crippen LogP contribution in [-0.2, 0) is 4.79 Å². The van der Waals surface area contributed by atoms with Crippen LogP contribution in [0.1, 0.15) is 13.3 Å². The van der Waals surface area contributed by atoms with Crippen molar-refractivity contribution in [2.75, 3.05) is 5.32 Å². The SMILES string of the molecule is CC[C@H](N)C(=O)Nc1ccc2ccccc2c1.Cl. The van der Waals surface area contributed by atoms with Crippen molar-refractivity contribution >= 4 is 34.8 Å². The fraction of sp³-hybridized carbons (Fsp3) is 0.214. The molecule has 0 aliphatic heterocycles. The normalized spacial score (nSPS) is 11.7. The molecule has 0 saturated carbocycles. The molecule has 4 heteroatoms. The smallest absolute Gasteiger partial charge is 0.241 e. The van der Waals surface area contributed by atoms with Gasteiger partial charge in [0.2, 0.25) is 5.91 Å². The highest BCUT2D eigenvalue weighted by Gasteiger charge is 2.10. The first-order valence-corrected chi connectivity index (χ1v) is 5.76. The second kappa shape index (κ2) is 6.38. The number of amides is 1. The molecule has 0 aliphatic rings. The summed E-state index contributed by atoms with van der Waals surface area (Å²) in [7, 11) is 0. The fourth-order valence-corrected chi connectivity index (χ4v) is 1.69. The van der Waals surface area contributed by atoms with Gasteiger partial charge >= 0.3 is 0 Å². The molecule has 0 unspecified atom stereocenters. The Labute approximate surface area is 113 Å². The third kappa shape index (κ3) is 3.22. The predicted molar refractivity (Wildman–Crippen MR) is 78.1 cm³/mol. The molecule has 2 aromatic carbocycles. The summed E-state index contributed by atoms with van der Waals surface area (Å²) in [5.74, 6) is -0.136. The topological polar surface area (TPSA) is 55.1 Å². The van der Waals surface area contributed by atoms with Gasteiger partial charge in [0.25, 0.3) is 0 Å². The lowest BCUT2D eigenvalue weighted by Gasteiger charge is -2.10. The number of halogens is 1. The van der Waals surface area contributed by atoms with Gasteiger partial charge in [-0.1, -0.05) is 37.3 Å². The Hall–Kier alpha value is -1.58. The van der Waals surface area contributed by atoms with Crippen LogP contribution in [0.2, 0.25) is 0 Å². The number of rotatable bonds is 3. The average Bonchev–Trinajstić information content (AvgIpc) is 2.37. The number of hydrogen-bond acceptors (Lipinski definition) is 2. The monoisotopic (exact) mass is 264 g/mol. The largest absolute Gasteiger partial charge is 0.325 e. The molecule has 3 N–H and O–H groups in total. The molecule has 0 saturated heterocycles. The number of anilines is 1. The van der Waals surface area contributed by atoms with E-state index >= 15 is 0 Å². The average molecular weight is 265 g/mol. The quantitative estimate of drug-likeness (QED) is 0.896. The van der Waals surface area contributed by atoms with Crippen LogP contribution >= 0.6 is 12.4 Å². The van der Waals surface area contributed by atoms with E-state index in [2.05, 4.69) is 5.32 Å². The molecule has 0 radical (unpaired) electrons. The highest BCUT2D eigenvalue weighted by atomic mass is 35.5. The Morgan fingerprint density at radius 3 is 2.56 bits per heavy atom. The van der Waals surface area contributed by atoms with Crippen LogP contribution in [0.25, 0.3) is 10.8 Å². The third-order valence-corrected chi connectivity index (χ3v) is 2.79. The number of hydrogen-bond donors (Lipinski definition) is 2. The maximum absolute atomic E-state index is 11.6. The summed E-state index contributed by atoms with van der Waals surface area (Å²) < 4.78 is 0. The van der Waals surface area contributed by atoms with Gasteiger partial charge in [-0.05, 0) is 29.3 Å². The molecular weight excluding hydrogens is 248 g/mol. The zero-order valence-electron chi connectivity index (χ0n) is 10.2. The van der Waals surface area contributed by atoms with Gasteiger partial charge in [-0.2, -0.15) is 0 Å². The van der Waals surface area contributed by atoms with E-state index in [0.29, 0.717) is 6.42 Å². The summed E-state index contributed by atoms with van der Waals surface area (Å²) in [6, 6.07) is 13.4. The minimum absolute atomic E-state index is 0. The first kappa shape index (κ1) is 14.5. The summed E-state index contributed by atoms with van der Waals surface area (Å²) >= 11 is 0. The van der Waals surface area contributed by atoms with Gasteiger partial charge in [-0.15, -0.1) is 12.4 Å². The molecule has 0 aliphatic carbocycles. The van der Waals surface area contributed by atoms with Crippen molar-refractivity contribution in [1.82, 2.24) is 0 Å². The molecule has 18 heavy (non-hydrogen) atoms. The minimum Gasteiger partial charge on any atom is -0.325 e. The minimum atomic E-state index is -0.443. The van der Waals surface area contributed by atoms with Crippen LogP contribution in [-0.4, -0.2) is 11.9 Å². The number of benzene rings is 2. The fourth-order valence-electron chi connectivity index (χ4n) is 1.69. The first-order chi connectivity index (χ1) is 8.20. The Morgan fingerprint density at radius 2 is 1.89 bits per heavy atom. The van der Waals surface area contributed by atoms with E-state index in [-0.39, 0.29) is 18.3 Å². The molecule has 1 atom stereocenters. The number of carbonyl (C=O) groups excluding carboxylic acids is 1. The molecule has 2 rings (SSSR count). The lowest BCUT2D eigenvalue weighted by Crippen LogP contribution is -2.34. The lowest BCUT2D eigenvalue weighted by molar-refractivity contribution is -0.117. The second-order valence-electron chi connectivity index (χ2n) is 4.07. The van der Waals surface area contributed by atoms with E-state index in [1.54, 1.807) is 0 Å². The van der Waals surface area contributed by atoms with E-state index in [9.17, 15) is 4.79 Å². The molecule has 1 amide bonds. The second-order valence-corrected chi connectivity index (χ2v) is 4.07. The van der Waals surface area contributed by atoms with Crippen LogP contribution in [0.15, 0.2) is 42.5 Å². The Bertz CT molecular complexity index is 542. The van der Waals surface area contributed by atoms with Crippen LogP contribution < -0.4 is 11.1 Å². The molecule has 0 fully saturated rings. The van der Waals surface area contributed by atoms with Crippen LogP contribution in [0, 0.1) is 0 Å². The van der Waals surface area contributed by atoms with Gasteiger partial charge in [0, 0.05) is 5.69 Å². The van der Waals surface area contributed by atoms with Gasteiger partial charge in [0.15, 0.2) is 0 Å². The third-order valence-electron chi connectivity index (χ3n) is 2.79. The molecular formula is C14H17ClN2O. The van der Waals surface area contributed by atoms with Gasteiger partial charge in [0.05, 0.1) is 6.04 Å². The Morgan fingerprint density at radius 1 is 1.22 bits per heavy atom. The Balaban J connectivity index is 0.00000162. The van der Waals surface area contributed by atoms with Crippen molar-refractivity contribution in [3.05, 3.63) is 42.5 Å². The van der Waals surface area contributed by atoms with E-state index < -0.39 is 6.04 Å². The van der Waals surface area contributed by atoms with E-state index in [0.717, 1.165) is 16.5 Å². The Kier molecular flexibility index (Phi) is 5.13. The summed E-state index contributed by atoms with van der Waals surface area (Å²) in [6.07, 6.45) is 0.638. The lowest BCUT2D eigenvalue weighted by atomic mass is 10.1. The van der Waals surface area contributed by atoms with Crippen LogP contribution in [0.5, 0.6) is 0 Å². The molecule has 2 aromatic rings. The van der Waals surface area contributed by atoms with Gasteiger partial charge in [-0.3, -0.25) is 4.79 Å². The van der Waals surface area contributed by atoms with Crippen molar-refractivity contribution in [1.29, 1.82) is 0 Å². The molecule has 96 valence electrons. The number of nitrogens with one attached hydrogen (secondary N) is 1. The highest BCUT2D eigenvalue weighted by molar-refractivity contribution is 5.97. The molecule has 0 spiro atoms. The predicted octanol–water partition coefficient (Wildman–Crippen LogP) is 2.94. The maximum atomic E-state index is 11.6. The molecule has 0 heterocycles. The van der Waals surface area contributed by atoms with Gasteiger partial charge in [-0.25, -0.2) is 0 Å². The standard InChI is InChI=1S/C14H16N2O.ClH/c1-2-13(15)14(17)16-12-8-7-10-5-3-4-6-11(10)9-12;/h3-9,13H,2,15H2,1H3,(H,16,17);1H/t13-;/m0./s1. The summed E-state index contributed by atoms with van der Waals surface area (Å²) in [6.45, 7) is 1.89. The van der Waals surface area contributed by atoms with Crippen molar-refractivity contribution in [2.24, 2.45) is 5.73 Å². The summed E-state index contributed by atoms with van der Waals surface area (Å²) in [5, 5.41) is 5.09. The number of fused-ring (bicyclic) bond motifs is 1. The van der Waals surface area contributed by atoms with Crippen molar-refractivity contribution in [2.45, 2.75) is 19.4 Å². The first-order valence-electron chi connectivity index (χ1n) is 5.76. The number of carbonyl (C=O) groups is 1. The van der Waals surface area contributed by atoms with Crippen LogP contribution in [0.3, 0.4) is 0 Å². The zero-order valence-corrected chi connectivity index (χ0v) is 11.0. The van der Waals surface area contributed by atoms with Gasteiger partial charge < -0.3 is 11.1 Å². The van der Waals surface area contributed by atoms with Crippen molar-refractivity contribution < 1.29 is 4.79 Å². The molecule has 3 nitrogen and oxygen atoms in total. The molecule has 0 aromatic heterocycles. The van der Waals surface area contributed by atoms with Crippen LogP contribution in [0.4, 0.5) is 5.69 Å². The van der Waals surface area contributed by atoms with Crippen molar-refractivity contribution in [3.63, 3.8) is 0 Å². The van der Waals surface area contributed by atoms with Crippen molar-refractivity contribution in [3.8, 4) is 0 Å². The van der Waals surface area contributed by atoms with E-state index in [4.69, 9.17) is 5.73 Å². The molecule has 0 bridgehead atoms. The summed E-state index contributed by atoms with van der Waals surface area (Å²) in [5.41, 5.74) is 6.45. The van der Waals surface area contributed by atoms with E-state index in [1.165, 1.54) is 0 Å². The highest BCUT2D eigenvalue weighted by Crippen LogP contribution is 2.18. The van der Waals surface area contributed by atoms with Gasteiger partial charge in [0.1, 0.15) is 0 Å². The maximum Gasteiger partial charge on any atom is 0.241 e. The van der Waals surface area contributed by atoms with E-state index in [1.807, 2.05) is 49.4 Å². The number of nitrogens with two attached hydrogens (primary N) is 1.